The second-order valence-corrected chi connectivity index (χ2v) is 7.57. The van der Waals surface area contributed by atoms with Crippen LogP contribution in [0.15, 0.2) is 6.20 Å². The second kappa shape index (κ2) is 6.11. The largest absolute Gasteiger partial charge is 0.444 e. The zero-order chi connectivity index (χ0) is 16.5. The number of amides is 1. The number of anilines is 1. The number of ether oxygens (including phenoxy) is 3. The van der Waals surface area contributed by atoms with Gasteiger partial charge in [0.05, 0.1) is 11.5 Å². The fourth-order valence-electron chi connectivity index (χ4n) is 1.93. The van der Waals surface area contributed by atoms with Crippen molar-refractivity contribution >= 4 is 22.6 Å². The van der Waals surface area contributed by atoms with Crippen molar-refractivity contribution in [2.45, 2.75) is 58.2 Å². The Bertz CT molecular complexity index is 538. The van der Waals surface area contributed by atoms with Crippen molar-refractivity contribution in [3.8, 4) is 0 Å². The lowest BCUT2D eigenvalue weighted by atomic mass is 10.2. The minimum absolute atomic E-state index is 0.306. The first-order chi connectivity index (χ1) is 10.1. The number of aliphatic hydroxyl groups is 1. The lowest BCUT2D eigenvalue weighted by molar-refractivity contribution is -0.151. The molecule has 1 saturated heterocycles. The molecule has 0 bridgehead atoms. The molecular weight excluding hydrogens is 308 g/mol. The van der Waals surface area contributed by atoms with Gasteiger partial charge in [0.1, 0.15) is 17.8 Å². The standard InChI is InChI=1S/C14H22N2O5S/c1-13(2,3)21-12(18)16-11-15-6-9(22-11)10(17)8-7-19-14(4,5)20-8/h6,8,10,17H,7H2,1-5H3,(H,15,16,18)/t8-,10-/m1/s1. The second-order valence-electron chi connectivity index (χ2n) is 6.51. The molecular formula is C14H22N2O5S. The molecule has 1 aromatic heterocycles. The quantitative estimate of drug-likeness (QED) is 0.885. The first-order valence-electron chi connectivity index (χ1n) is 7.01. The van der Waals surface area contributed by atoms with Gasteiger partial charge in [-0.1, -0.05) is 11.3 Å². The SMILES string of the molecule is CC(C)(C)OC(=O)Nc1ncc([C@H](O)[C@H]2COC(C)(C)O2)s1. The predicted octanol–water partition coefficient (Wildman–Crippen LogP) is 2.68. The van der Waals surface area contributed by atoms with E-state index >= 15 is 0 Å². The maximum atomic E-state index is 11.7. The summed E-state index contributed by atoms with van der Waals surface area (Å²) in [7, 11) is 0. The molecule has 0 spiro atoms. The Balaban J connectivity index is 1.95. The van der Waals surface area contributed by atoms with E-state index < -0.39 is 29.7 Å². The molecule has 8 heteroatoms. The number of carbonyl (C=O) groups is 1. The summed E-state index contributed by atoms with van der Waals surface area (Å²) >= 11 is 1.17. The van der Waals surface area contributed by atoms with Gasteiger partial charge in [-0.15, -0.1) is 0 Å². The monoisotopic (exact) mass is 330 g/mol. The molecule has 1 aliphatic heterocycles. The fourth-order valence-corrected chi connectivity index (χ4v) is 2.77. The number of thiazole rings is 1. The van der Waals surface area contributed by atoms with E-state index in [9.17, 15) is 9.90 Å². The predicted molar refractivity (Wildman–Crippen MR) is 81.8 cm³/mol. The lowest BCUT2D eigenvalue weighted by Gasteiger charge is -2.19. The molecule has 0 aromatic carbocycles. The Morgan fingerprint density at radius 3 is 2.82 bits per heavy atom. The minimum Gasteiger partial charge on any atom is -0.444 e. The fraction of sp³-hybridized carbons (Fsp3) is 0.714. The summed E-state index contributed by atoms with van der Waals surface area (Å²) < 4.78 is 16.2. The highest BCUT2D eigenvalue weighted by atomic mass is 32.1. The van der Waals surface area contributed by atoms with E-state index in [1.165, 1.54) is 17.5 Å². The lowest BCUT2D eigenvalue weighted by Crippen LogP contribution is -2.27. The van der Waals surface area contributed by atoms with Gasteiger partial charge in [0, 0.05) is 6.20 Å². The maximum Gasteiger partial charge on any atom is 0.413 e. The van der Waals surface area contributed by atoms with Crippen LogP contribution in [0.5, 0.6) is 0 Å². The molecule has 124 valence electrons. The summed E-state index contributed by atoms with van der Waals surface area (Å²) in [4.78, 5) is 16.3. The highest BCUT2D eigenvalue weighted by Crippen LogP contribution is 2.34. The molecule has 1 amide bonds. The van der Waals surface area contributed by atoms with Crippen LogP contribution >= 0.6 is 11.3 Å². The Kier molecular flexibility index (Phi) is 4.76. The van der Waals surface area contributed by atoms with Gasteiger partial charge in [-0.3, -0.25) is 5.32 Å². The van der Waals surface area contributed by atoms with Crippen LogP contribution in [0.2, 0.25) is 0 Å². The molecule has 2 heterocycles. The van der Waals surface area contributed by atoms with Crippen LogP contribution in [-0.4, -0.2) is 40.3 Å². The third kappa shape index (κ3) is 4.64. The first-order valence-corrected chi connectivity index (χ1v) is 7.83. The summed E-state index contributed by atoms with van der Waals surface area (Å²) in [5, 5.41) is 13.2. The van der Waals surface area contributed by atoms with E-state index in [0.717, 1.165) is 0 Å². The molecule has 0 unspecified atom stereocenters. The van der Waals surface area contributed by atoms with Crippen molar-refractivity contribution < 1.29 is 24.1 Å². The summed E-state index contributed by atoms with van der Waals surface area (Å²) in [5.74, 6) is -0.700. The summed E-state index contributed by atoms with van der Waals surface area (Å²) in [6.07, 6.45) is -0.376. The molecule has 0 aliphatic carbocycles. The average Bonchev–Trinajstić information content (AvgIpc) is 2.92. The van der Waals surface area contributed by atoms with Gasteiger partial charge in [0.15, 0.2) is 10.9 Å². The molecule has 0 saturated carbocycles. The van der Waals surface area contributed by atoms with Gasteiger partial charge in [-0.25, -0.2) is 9.78 Å². The Labute approximate surface area is 133 Å². The van der Waals surface area contributed by atoms with Gasteiger partial charge in [-0.2, -0.15) is 0 Å². The number of aliphatic hydroxyl groups excluding tert-OH is 1. The van der Waals surface area contributed by atoms with Crippen molar-refractivity contribution in [3.63, 3.8) is 0 Å². The Morgan fingerprint density at radius 2 is 2.27 bits per heavy atom. The molecule has 1 fully saturated rings. The van der Waals surface area contributed by atoms with Crippen molar-refractivity contribution in [1.29, 1.82) is 0 Å². The average molecular weight is 330 g/mol. The van der Waals surface area contributed by atoms with Gasteiger partial charge < -0.3 is 19.3 Å². The number of nitrogens with zero attached hydrogens (tertiary/aromatic N) is 1. The number of hydrogen-bond acceptors (Lipinski definition) is 7. The van der Waals surface area contributed by atoms with Crippen LogP contribution < -0.4 is 5.32 Å². The molecule has 1 aliphatic rings. The molecule has 0 radical (unpaired) electrons. The molecule has 22 heavy (non-hydrogen) atoms. The molecule has 7 nitrogen and oxygen atoms in total. The van der Waals surface area contributed by atoms with Crippen molar-refractivity contribution in [1.82, 2.24) is 4.98 Å². The highest BCUT2D eigenvalue weighted by molar-refractivity contribution is 7.15. The van der Waals surface area contributed by atoms with E-state index in [4.69, 9.17) is 14.2 Å². The minimum atomic E-state index is -0.853. The highest BCUT2D eigenvalue weighted by Gasteiger charge is 2.38. The van der Waals surface area contributed by atoms with Crippen molar-refractivity contribution in [2.24, 2.45) is 0 Å². The van der Waals surface area contributed by atoms with E-state index in [-0.39, 0.29) is 0 Å². The van der Waals surface area contributed by atoms with E-state index in [1.54, 1.807) is 34.6 Å². The number of carbonyl (C=O) groups excluding carboxylic acids is 1. The molecule has 1 aromatic rings. The van der Waals surface area contributed by atoms with Crippen LogP contribution in [0.3, 0.4) is 0 Å². The first kappa shape index (κ1) is 17.1. The topological polar surface area (TPSA) is 89.9 Å². The van der Waals surface area contributed by atoms with Gasteiger partial charge >= 0.3 is 6.09 Å². The summed E-state index contributed by atoms with van der Waals surface area (Å²) in [6, 6.07) is 0. The van der Waals surface area contributed by atoms with Crippen LogP contribution in [-0.2, 0) is 14.2 Å². The third-order valence-electron chi connectivity index (χ3n) is 2.81. The van der Waals surface area contributed by atoms with Crippen LogP contribution in [0, 0.1) is 0 Å². The molecule has 2 atom stereocenters. The molecule has 2 rings (SSSR count). The number of rotatable bonds is 3. The van der Waals surface area contributed by atoms with Crippen molar-refractivity contribution in [3.05, 3.63) is 11.1 Å². The van der Waals surface area contributed by atoms with Gasteiger partial charge in [-0.05, 0) is 34.6 Å². The normalized spacial score (nSPS) is 22.4. The van der Waals surface area contributed by atoms with Crippen molar-refractivity contribution in [2.75, 3.05) is 11.9 Å². The van der Waals surface area contributed by atoms with Crippen LogP contribution in [0.25, 0.3) is 0 Å². The summed E-state index contributed by atoms with van der Waals surface area (Å²) in [5.41, 5.74) is -0.579. The smallest absolute Gasteiger partial charge is 0.413 e. The Morgan fingerprint density at radius 1 is 1.59 bits per heavy atom. The van der Waals surface area contributed by atoms with Gasteiger partial charge in [0.25, 0.3) is 0 Å². The zero-order valence-corrected chi connectivity index (χ0v) is 14.2. The Hall–Kier alpha value is -1.22. The number of hydrogen-bond donors (Lipinski definition) is 2. The van der Waals surface area contributed by atoms with E-state index in [1.807, 2.05) is 0 Å². The number of aromatic nitrogens is 1. The van der Waals surface area contributed by atoms with E-state index in [2.05, 4.69) is 10.3 Å². The molecule has 2 N–H and O–H groups in total. The number of nitrogens with one attached hydrogen (secondary N) is 1. The van der Waals surface area contributed by atoms with E-state index in [0.29, 0.717) is 16.6 Å². The zero-order valence-electron chi connectivity index (χ0n) is 13.4. The van der Waals surface area contributed by atoms with Crippen LogP contribution in [0.4, 0.5) is 9.93 Å². The summed E-state index contributed by atoms with van der Waals surface area (Å²) in [6.45, 7) is 9.24. The van der Waals surface area contributed by atoms with Gasteiger partial charge in [0.2, 0.25) is 0 Å². The third-order valence-corrected chi connectivity index (χ3v) is 3.79. The maximum absolute atomic E-state index is 11.7. The van der Waals surface area contributed by atoms with Crippen LogP contribution in [0.1, 0.15) is 45.6 Å².